The Morgan fingerprint density at radius 3 is 2.47 bits per heavy atom. The molecule has 8 nitrogen and oxygen atoms in total. The highest BCUT2D eigenvalue weighted by molar-refractivity contribution is 5.92. The average molecular weight is 441 g/mol. The minimum atomic E-state index is -0.158. The van der Waals surface area contributed by atoms with Gasteiger partial charge in [0.2, 0.25) is 11.8 Å². The second-order valence-corrected chi connectivity index (χ2v) is 7.97. The molecule has 8 heteroatoms. The van der Waals surface area contributed by atoms with Gasteiger partial charge in [0.05, 0.1) is 33.4 Å². The van der Waals surface area contributed by atoms with Crippen LogP contribution >= 0.6 is 0 Å². The number of rotatable bonds is 9. The first kappa shape index (κ1) is 23.6. The molecule has 3 rings (SSSR count). The molecule has 1 aliphatic rings. The van der Waals surface area contributed by atoms with Crippen molar-refractivity contribution in [3.8, 4) is 5.75 Å². The molecule has 2 aromatic rings. The molecule has 1 N–H and O–H groups in total. The number of carbonyl (C=O) groups excluding carboxylic acids is 2. The number of carbonyl (C=O) groups is 2. The second kappa shape index (κ2) is 11.5. The molecule has 2 aromatic carbocycles. The molecule has 0 spiro atoms. The van der Waals surface area contributed by atoms with Crippen molar-refractivity contribution < 1.29 is 19.1 Å². The Morgan fingerprint density at radius 1 is 1.06 bits per heavy atom. The zero-order valence-electron chi connectivity index (χ0n) is 19.0. The quantitative estimate of drug-likeness (QED) is 0.644. The van der Waals surface area contributed by atoms with E-state index in [1.165, 1.54) is 0 Å². The van der Waals surface area contributed by atoms with Crippen LogP contribution < -0.4 is 15.0 Å². The summed E-state index contributed by atoms with van der Waals surface area (Å²) in [6.07, 6.45) is 0. The average Bonchev–Trinajstić information content (AvgIpc) is 2.80. The summed E-state index contributed by atoms with van der Waals surface area (Å²) in [5, 5.41) is 2.90. The Balaban J connectivity index is 1.43. The van der Waals surface area contributed by atoms with Crippen molar-refractivity contribution >= 4 is 23.2 Å². The fourth-order valence-electron chi connectivity index (χ4n) is 3.56. The van der Waals surface area contributed by atoms with Gasteiger partial charge in [-0.25, -0.2) is 0 Å². The monoisotopic (exact) mass is 440 g/mol. The fraction of sp³-hybridized carbons (Fsp3) is 0.417. The van der Waals surface area contributed by atoms with Crippen LogP contribution in [0.3, 0.4) is 0 Å². The summed E-state index contributed by atoms with van der Waals surface area (Å²) in [5.41, 5.74) is 2.84. The Labute approximate surface area is 189 Å². The van der Waals surface area contributed by atoms with Gasteiger partial charge in [0.25, 0.3) is 0 Å². The van der Waals surface area contributed by atoms with E-state index >= 15 is 0 Å². The molecule has 1 heterocycles. The van der Waals surface area contributed by atoms with Crippen molar-refractivity contribution in [3.63, 3.8) is 0 Å². The fourth-order valence-corrected chi connectivity index (χ4v) is 3.56. The molecule has 0 bridgehead atoms. The third-order valence-electron chi connectivity index (χ3n) is 5.33. The first-order valence-electron chi connectivity index (χ1n) is 10.7. The predicted molar refractivity (Wildman–Crippen MR) is 125 cm³/mol. The maximum Gasteiger partial charge on any atom is 0.238 e. The number of ether oxygens (including phenoxy) is 2. The van der Waals surface area contributed by atoms with Gasteiger partial charge in [-0.05, 0) is 49.0 Å². The smallest absolute Gasteiger partial charge is 0.238 e. The molecule has 32 heavy (non-hydrogen) atoms. The molecule has 0 aliphatic carbocycles. The third kappa shape index (κ3) is 6.96. The van der Waals surface area contributed by atoms with Crippen LogP contribution in [0.15, 0.2) is 48.5 Å². The minimum Gasteiger partial charge on any atom is -0.497 e. The van der Waals surface area contributed by atoms with Crippen LogP contribution in [-0.4, -0.2) is 82.2 Å². The van der Waals surface area contributed by atoms with Gasteiger partial charge in [0.15, 0.2) is 0 Å². The SMILES string of the molecule is COc1cccc(CN(C)C(=O)CN(C)CC(=O)Nc2ccc(N3CCOCC3)cc2)c1. The lowest BCUT2D eigenvalue weighted by Gasteiger charge is -2.28. The van der Waals surface area contributed by atoms with Crippen LogP contribution in [0.5, 0.6) is 5.75 Å². The van der Waals surface area contributed by atoms with E-state index in [1.807, 2.05) is 48.5 Å². The van der Waals surface area contributed by atoms with Crippen LogP contribution in [0, 0.1) is 0 Å². The first-order valence-corrected chi connectivity index (χ1v) is 10.7. The molecular formula is C24H32N4O4. The number of amides is 2. The number of nitrogens with one attached hydrogen (secondary N) is 1. The molecule has 2 amide bonds. The number of likely N-dealkylation sites (N-methyl/N-ethyl adjacent to an activating group) is 2. The maximum absolute atomic E-state index is 12.5. The molecule has 0 aromatic heterocycles. The Bertz CT molecular complexity index is 897. The summed E-state index contributed by atoms with van der Waals surface area (Å²) >= 11 is 0. The van der Waals surface area contributed by atoms with Crippen molar-refractivity contribution in [1.29, 1.82) is 0 Å². The zero-order chi connectivity index (χ0) is 22.9. The molecule has 1 aliphatic heterocycles. The van der Waals surface area contributed by atoms with Gasteiger partial charge in [-0.15, -0.1) is 0 Å². The van der Waals surface area contributed by atoms with Crippen LogP contribution in [0.25, 0.3) is 0 Å². The first-order chi connectivity index (χ1) is 15.4. The Morgan fingerprint density at radius 2 is 1.78 bits per heavy atom. The van der Waals surface area contributed by atoms with Crippen molar-refractivity contribution in [2.45, 2.75) is 6.54 Å². The number of anilines is 2. The van der Waals surface area contributed by atoms with Crippen molar-refractivity contribution in [1.82, 2.24) is 9.80 Å². The van der Waals surface area contributed by atoms with E-state index in [9.17, 15) is 9.59 Å². The number of methoxy groups -OCH3 is 1. The van der Waals surface area contributed by atoms with Crippen molar-refractivity contribution in [2.75, 3.05) is 70.8 Å². The van der Waals surface area contributed by atoms with E-state index in [0.717, 1.165) is 49.0 Å². The van der Waals surface area contributed by atoms with Crippen LogP contribution in [0.4, 0.5) is 11.4 Å². The molecule has 172 valence electrons. The van der Waals surface area contributed by atoms with E-state index < -0.39 is 0 Å². The summed E-state index contributed by atoms with van der Waals surface area (Å²) in [4.78, 5) is 30.6. The number of benzene rings is 2. The highest BCUT2D eigenvalue weighted by atomic mass is 16.5. The van der Waals surface area contributed by atoms with E-state index in [0.29, 0.717) is 6.54 Å². The zero-order valence-corrected chi connectivity index (χ0v) is 19.0. The van der Waals surface area contributed by atoms with Crippen molar-refractivity contribution in [3.05, 3.63) is 54.1 Å². The summed E-state index contributed by atoms with van der Waals surface area (Å²) in [7, 11) is 5.14. The van der Waals surface area contributed by atoms with Gasteiger partial charge in [-0.1, -0.05) is 12.1 Å². The predicted octanol–water partition coefficient (Wildman–Crippen LogP) is 2.06. The lowest BCUT2D eigenvalue weighted by atomic mass is 10.2. The molecule has 0 atom stereocenters. The summed E-state index contributed by atoms with van der Waals surface area (Å²) in [6.45, 7) is 3.98. The molecule has 0 unspecified atom stereocenters. The molecule has 1 saturated heterocycles. The lowest BCUT2D eigenvalue weighted by molar-refractivity contribution is -0.131. The van der Waals surface area contributed by atoms with E-state index in [4.69, 9.17) is 9.47 Å². The Hall–Kier alpha value is -3.10. The van der Waals surface area contributed by atoms with Gasteiger partial charge in [0, 0.05) is 38.1 Å². The lowest BCUT2D eigenvalue weighted by Crippen LogP contribution is -2.39. The molecule has 0 saturated carbocycles. The molecular weight excluding hydrogens is 408 g/mol. The number of morpholine rings is 1. The third-order valence-corrected chi connectivity index (χ3v) is 5.33. The van der Waals surface area contributed by atoms with Crippen molar-refractivity contribution in [2.24, 2.45) is 0 Å². The number of nitrogens with zero attached hydrogens (tertiary/aromatic N) is 3. The highest BCUT2D eigenvalue weighted by Crippen LogP contribution is 2.19. The minimum absolute atomic E-state index is 0.0574. The van der Waals surface area contributed by atoms with Crippen LogP contribution in [0.1, 0.15) is 5.56 Å². The second-order valence-electron chi connectivity index (χ2n) is 7.97. The topological polar surface area (TPSA) is 74.4 Å². The van der Waals surface area contributed by atoms with E-state index in [-0.39, 0.29) is 24.9 Å². The van der Waals surface area contributed by atoms with Crippen LogP contribution in [0.2, 0.25) is 0 Å². The number of hydrogen-bond donors (Lipinski definition) is 1. The highest BCUT2D eigenvalue weighted by Gasteiger charge is 2.15. The molecule has 0 radical (unpaired) electrons. The van der Waals surface area contributed by atoms with E-state index in [1.54, 1.807) is 31.0 Å². The molecule has 1 fully saturated rings. The maximum atomic E-state index is 12.5. The summed E-state index contributed by atoms with van der Waals surface area (Å²) in [6, 6.07) is 15.4. The van der Waals surface area contributed by atoms with Gasteiger partial charge < -0.3 is 24.6 Å². The van der Waals surface area contributed by atoms with Gasteiger partial charge in [0.1, 0.15) is 5.75 Å². The van der Waals surface area contributed by atoms with E-state index in [2.05, 4.69) is 10.2 Å². The normalized spacial score (nSPS) is 13.7. The standard InChI is InChI=1S/C24H32N4O4/c1-26(18-24(30)27(2)16-19-5-4-6-22(15-19)31-3)17-23(29)25-20-7-9-21(10-8-20)28-11-13-32-14-12-28/h4-10,15H,11-14,16-18H2,1-3H3,(H,25,29). The van der Waals surface area contributed by atoms with Gasteiger partial charge >= 0.3 is 0 Å². The Kier molecular flexibility index (Phi) is 8.47. The van der Waals surface area contributed by atoms with Gasteiger partial charge in [-0.3, -0.25) is 14.5 Å². The summed E-state index contributed by atoms with van der Waals surface area (Å²) in [5.74, 6) is 0.544. The number of hydrogen-bond acceptors (Lipinski definition) is 6. The summed E-state index contributed by atoms with van der Waals surface area (Å²) < 4.78 is 10.6. The largest absolute Gasteiger partial charge is 0.497 e. The van der Waals surface area contributed by atoms with Crippen LogP contribution in [-0.2, 0) is 20.9 Å². The van der Waals surface area contributed by atoms with Gasteiger partial charge in [-0.2, -0.15) is 0 Å².